The van der Waals surface area contributed by atoms with Crippen molar-refractivity contribution >= 4 is 11.7 Å². The summed E-state index contributed by atoms with van der Waals surface area (Å²) in [6.07, 6.45) is 2.95. The summed E-state index contributed by atoms with van der Waals surface area (Å²) in [5, 5.41) is 17.5. The average Bonchev–Trinajstić information content (AvgIpc) is 2.82. The molecule has 2 heterocycles. The van der Waals surface area contributed by atoms with E-state index in [-0.39, 0.29) is 11.6 Å². The van der Waals surface area contributed by atoms with Crippen molar-refractivity contribution in [2.75, 3.05) is 5.32 Å². The predicted molar refractivity (Wildman–Crippen MR) is 55.5 cm³/mol. The zero-order chi connectivity index (χ0) is 11.4. The maximum atomic E-state index is 11.7. The summed E-state index contributed by atoms with van der Waals surface area (Å²) in [6, 6.07) is 6.46. The van der Waals surface area contributed by atoms with Crippen molar-refractivity contribution in [3.8, 4) is 6.07 Å². The highest BCUT2D eigenvalue weighted by Crippen LogP contribution is 2.05. The third-order valence-electron chi connectivity index (χ3n) is 1.89. The molecule has 0 unspecified atom stereocenters. The second kappa shape index (κ2) is 4.23. The molecule has 0 spiro atoms. The first-order valence-corrected chi connectivity index (χ1v) is 4.46. The molecule has 2 aromatic rings. The van der Waals surface area contributed by atoms with E-state index in [2.05, 4.69) is 20.5 Å². The molecule has 2 aromatic heterocycles. The Morgan fingerprint density at radius 1 is 1.44 bits per heavy atom. The fourth-order valence-electron chi connectivity index (χ4n) is 1.15. The van der Waals surface area contributed by atoms with Crippen LogP contribution >= 0.6 is 0 Å². The summed E-state index contributed by atoms with van der Waals surface area (Å²) < 4.78 is 0. The number of aromatic nitrogens is 3. The molecule has 6 heteroatoms. The van der Waals surface area contributed by atoms with E-state index in [1.54, 1.807) is 6.07 Å². The van der Waals surface area contributed by atoms with Gasteiger partial charge in [0.05, 0.1) is 6.20 Å². The van der Waals surface area contributed by atoms with Gasteiger partial charge in [0.1, 0.15) is 17.6 Å². The lowest BCUT2D eigenvalue weighted by atomic mass is 10.2. The fourth-order valence-corrected chi connectivity index (χ4v) is 1.15. The van der Waals surface area contributed by atoms with Crippen LogP contribution in [0.15, 0.2) is 30.6 Å². The summed E-state index contributed by atoms with van der Waals surface area (Å²) in [5.74, 6) is 0.184. The molecule has 0 aromatic carbocycles. The van der Waals surface area contributed by atoms with Gasteiger partial charge in [-0.1, -0.05) is 0 Å². The number of hydrogen-bond acceptors (Lipinski definition) is 4. The standard InChI is InChI=1S/C10H7N5O/c11-6-8-5-7(1-3-12-8)10(16)14-9-2-4-13-15-9/h1-5H,(H2,13,14,15,16). The van der Waals surface area contributed by atoms with Crippen LogP contribution < -0.4 is 5.32 Å². The third-order valence-corrected chi connectivity index (χ3v) is 1.89. The number of anilines is 1. The van der Waals surface area contributed by atoms with E-state index in [1.165, 1.54) is 24.5 Å². The van der Waals surface area contributed by atoms with Crippen molar-refractivity contribution < 1.29 is 4.79 Å². The van der Waals surface area contributed by atoms with E-state index in [0.717, 1.165) is 0 Å². The Morgan fingerprint density at radius 2 is 2.31 bits per heavy atom. The summed E-state index contributed by atoms with van der Waals surface area (Å²) in [7, 11) is 0. The van der Waals surface area contributed by atoms with Crippen LogP contribution in [0.3, 0.4) is 0 Å². The first-order valence-electron chi connectivity index (χ1n) is 4.46. The Morgan fingerprint density at radius 3 is 3.00 bits per heavy atom. The van der Waals surface area contributed by atoms with Gasteiger partial charge in [-0.25, -0.2) is 4.98 Å². The summed E-state index contributed by atoms with van der Waals surface area (Å²) in [5.41, 5.74) is 0.582. The van der Waals surface area contributed by atoms with Gasteiger partial charge >= 0.3 is 0 Å². The summed E-state index contributed by atoms with van der Waals surface area (Å²) in [4.78, 5) is 15.5. The number of hydrogen-bond donors (Lipinski definition) is 2. The summed E-state index contributed by atoms with van der Waals surface area (Å²) in [6.45, 7) is 0. The molecule has 0 radical (unpaired) electrons. The fraction of sp³-hybridized carbons (Fsp3) is 0. The van der Waals surface area contributed by atoms with Crippen molar-refractivity contribution in [1.29, 1.82) is 5.26 Å². The number of carbonyl (C=O) groups is 1. The quantitative estimate of drug-likeness (QED) is 0.775. The Labute approximate surface area is 90.9 Å². The van der Waals surface area contributed by atoms with Gasteiger partial charge in [-0.2, -0.15) is 10.4 Å². The number of H-pyrrole nitrogens is 1. The van der Waals surface area contributed by atoms with Crippen molar-refractivity contribution in [1.82, 2.24) is 15.2 Å². The SMILES string of the molecule is N#Cc1cc(C(=O)Nc2ccn[nH]2)ccn1. The highest BCUT2D eigenvalue weighted by molar-refractivity contribution is 6.03. The second-order valence-corrected chi connectivity index (χ2v) is 2.97. The first-order chi connectivity index (χ1) is 7.79. The Kier molecular flexibility index (Phi) is 2.61. The first kappa shape index (κ1) is 9.86. The molecule has 0 aliphatic rings. The smallest absolute Gasteiger partial charge is 0.256 e. The number of nitriles is 1. The second-order valence-electron chi connectivity index (χ2n) is 2.97. The maximum absolute atomic E-state index is 11.7. The zero-order valence-corrected chi connectivity index (χ0v) is 8.14. The largest absolute Gasteiger partial charge is 0.307 e. The van der Waals surface area contributed by atoms with E-state index in [4.69, 9.17) is 5.26 Å². The van der Waals surface area contributed by atoms with E-state index in [0.29, 0.717) is 11.4 Å². The van der Waals surface area contributed by atoms with Crippen molar-refractivity contribution in [3.63, 3.8) is 0 Å². The lowest BCUT2D eigenvalue weighted by Crippen LogP contribution is -2.12. The minimum atomic E-state index is -0.317. The van der Waals surface area contributed by atoms with E-state index >= 15 is 0 Å². The monoisotopic (exact) mass is 213 g/mol. The minimum Gasteiger partial charge on any atom is -0.307 e. The Hall–Kier alpha value is -2.68. The maximum Gasteiger partial charge on any atom is 0.256 e. The van der Waals surface area contributed by atoms with E-state index < -0.39 is 0 Å². The molecule has 6 nitrogen and oxygen atoms in total. The molecule has 2 rings (SSSR count). The van der Waals surface area contributed by atoms with E-state index in [9.17, 15) is 4.79 Å². The van der Waals surface area contributed by atoms with Crippen LogP contribution in [0.2, 0.25) is 0 Å². The molecule has 78 valence electrons. The number of nitrogens with one attached hydrogen (secondary N) is 2. The molecule has 2 N–H and O–H groups in total. The summed E-state index contributed by atoms with van der Waals surface area (Å²) >= 11 is 0. The molecule has 16 heavy (non-hydrogen) atoms. The van der Waals surface area contributed by atoms with Crippen LogP contribution in [-0.4, -0.2) is 21.1 Å². The number of rotatable bonds is 2. The van der Waals surface area contributed by atoms with Crippen molar-refractivity contribution in [3.05, 3.63) is 41.9 Å². The highest BCUT2D eigenvalue weighted by Gasteiger charge is 2.07. The van der Waals surface area contributed by atoms with Crippen LogP contribution in [0, 0.1) is 11.3 Å². The van der Waals surface area contributed by atoms with Crippen LogP contribution in [0.4, 0.5) is 5.82 Å². The van der Waals surface area contributed by atoms with Crippen molar-refractivity contribution in [2.24, 2.45) is 0 Å². The van der Waals surface area contributed by atoms with Crippen LogP contribution in [0.5, 0.6) is 0 Å². The number of nitrogens with zero attached hydrogens (tertiary/aromatic N) is 3. The van der Waals surface area contributed by atoms with Crippen LogP contribution in [-0.2, 0) is 0 Å². The van der Waals surface area contributed by atoms with Gasteiger partial charge in [-0.05, 0) is 12.1 Å². The molecule has 1 amide bonds. The van der Waals surface area contributed by atoms with Gasteiger partial charge < -0.3 is 5.32 Å². The normalized spacial score (nSPS) is 9.44. The Balaban J connectivity index is 2.18. The van der Waals surface area contributed by atoms with Gasteiger partial charge in [0.15, 0.2) is 0 Å². The van der Waals surface area contributed by atoms with Gasteiger partial charge in [-0.3, -0.25) is 9.89 Å². The van der Waals surface area contributed by atoms with Gasteiger partial charge in [0.2, 0.25) is 0 Å². The molecule has 0 saturated carbocycles. The van der Waals surface area contributed by atoms with Crippen LogP contribution in [0.25, 0.3) is 0 Å². The number of pyridine rings is 1. The van der Waals surface area contributed by atoms with Gasteiger partial charge in [0.25, 0.3) is 5.91 Å². The van der Waals surface area contributed by atoms with Gasteiger partial charge in [0, 0.05) is 17.8 Å². The van der Waals surface area contributed by atoms with E-state index in [1.807, 2.05) is 6.07 Å². The molecular formula is C10H7N5O. The molecule has 0 aliphatic heterocycles. The number of aromatic amines is 1. The topological polar surface area (TPSA) is 94.5 Å². The average molecular weight is 213 g/mol. The number of carbonyl (C=O) groups excluding carboxylic acids is 1. The van der Waals surface area contributed by atoms with Crippen molar-refractivity contribution in [2.45, 2.75) is 0 Å². The zero-order valence-electron chi connectivity index (χ0n) is 8.14. The lowest BCUT2D eigenvalue weighted by Gasteiger charge is -2.01. The number of amides is 1. The molecule has 0 saturated heterocycles. The highest BCUT2D eigenvalue weighted by atomic mass is 16.1. The molecule has 0 atom stereocenters. The predicted octanol–water partition coefficient (Wildman–Crippen LogP) is 0.929. The van der Waals surface area contributed by atoms with Gasteiger partial charge in [-0.15, -0.1) is 0 Å². The molecule has 0 aliphatic carbocycles. The lowest BCUT2D eigenvalue weighted by molar-refractivity contribution is 0.102. The molecular weight excluding hydrogens is 206 g/mol. The Bertz CT molecular complexity index is 541. The third kappa shape index (κ3) is 2.04. The van der Waals surface area contributed by atoms with Crippen LogP contribution in [0.1, 0.15) is 16.1 Å². The molecule has 0 fully saturated rings. The minimum absolute atomic E-state index is 0.206. The molecule has 0 bridgehead atoms.